The van der Waals surface area contributed by atoms with E-state index in [2.05, 4.69) is 10.3 Å². The van der Waals surface area contributed by atoms with Crippen molar-refractivity contribution < 1.29 is 4.79 Å². The molecule has 24 heavy (non-hydrogen) atoms. The van der Waals surface area contributed by atoms with Crippen molar-refractivity contribution in [1.82, 2.24) is 14.9 Å². The van der Waals surface area contributed by atoms with Crippen molar-refractivity contribution in [3.63, 3.8) is 0 Å². The highest BCUT2D eigenvalue weighted by Crippen LogP contribution is 2.17. The van der Waals surface area contributed by atoms with Crippen molar-refractivity contribution in [2.45, 2.75) is 64.0 Å². The van der Waals surface area contributed by atoms with Crippen LogP contribution in [-0.4, -0.2) is 21.5 Å². The minimum Gasteiger partial charge on any atom is -0.353 e. The Kier molecular flexibility index (Phi) is 5.62. The molecule has 1 fully saturated rings. The summed E-state index contributed by atoms with van der Waals surface area (Å²) in [5.41, 5.74) is 0.676. The standard InChI is InChI=1S/C19H25N3O2/c23-18(21-15-8-3-1-2-4-9-15)12-7-13-22-14-20-17-11-6-5-10-16(17)19(22)24/h5-6,10-11,14-15H,1-4,7-9,12-13H2,(H,21,23). The normalized spacial score (nSPS) is 16.0. The van der Waals surface area contributed by atoms with Crippen LogP contribution in [0.4, 0.5) is 0 Å². The summed E-state index contributed by atoms with van der Waals surface area (Å²) in [6.07, 6.45) is 9.86. The summed E-state index contributed by atoms with van der Waals surface area (Å²) in [6.45, 7) is 0.523. The molecule has 0 saturated heterocycles. The minimum atomic E-state index is -0.0372. The third kappa shape index (κ3) is 4.22. The van der Waals surface area contributed by atoms with Crippen LogP contribution < -0.4 is 10.9 Å². The quantitative estimate of drug-likeness (QED) is 0.859. The van der Waals surface area contributed by atoms with E-state index in [4.69, 9.17) is 0 Å². The second-order valence-corrected chi connectivity index (χ2v) is 6.62. The Morgan fingerprint density at radius 2 is 1.92 bits per heavy atom. The second-order valence-electron chi connectivity index (χ2n) is 6.62. The van der Waals surface area contributed by atoms with E-state index in [1.165, 1.54) is 25.7 Å². The lowest BCUT2D eigenvalue weighted by Gasteiger charge is -2.16. The molecule has 0 bridgehead atoms. The van der Waals surface area contributed by atoms with Gasteiger partial charge in [0.05, 0.1) is 17.2 Å². The highest BCUT2D eigenvalue weighted by molar-refractivity contribution is 5.77. The number of rotatable bonds is 5. The molecule has 1 aliphatic carbocycles. The first kappa shape index (κ1) is 16.7. The topological polar surface area (TPSA) is 64.0 Å². The third-order valence-corrected chi connectivity index (χ3v) is 4.75. The first-order valence-corrected chi connectivity index (χ1v) is 8.97. The molecule has 1 aliphatic rings. The lowest BCUT2D eigenvalue weighted by molar-refractivity contribution is -0.122. The number of para-hydroxylation sites is 1. The summed E-state index contributed by atoms with van der Waals surface area (Å²) < 4.78 is 1.60. The van der Waals surface area contributed by atoms with Crippen LogP contribution >= 0.6 is 0 Å². The largest absolute Gasteiger partial charge is 0.353 e. The number of hydrogen-bond donors (Lipinski definition) is 1. The van der Waals surface area contributed by atoms with Crippen molar-refractivity contribution in [2.75, 3.05) is 0 Å². The first-order chi connectivity index (χ1) is 11.7. The van der Waals surface area contributed by atoms with Gasteiger partial charge >= 0.3 is 0 Å². The van der Waals surface area contributed by atoms with Crippen LogP contribution in [0.25, 0.3) is 10.9 Å². The Morgan fingerprint density at radius 1 is 1.17 bits per heavy atom. The van der Waals surface area contributed by atoms with Gasteiger partial charge in [0, 0.05) is 19.0 Å². The van der Waals surface area contributed by atoms with Gasteiger partial charge < -0.3 is 5.32 Å². The third-order valence-electron chi connectivity index (χ3n) is 4.75. The lowest BCUT2D eigenvalue weighted by Crippen LogP contribution is -2.34. The number of hydrogen-bond acceptors (Lipinski definition) is 3. The summed E-state index contributed by atoms with van der Waals surface area (Å²) in [6, 6.07) is 7.68. The minimum absolute atomic E-state index is 0.0372. The zero-order valence-corrected chi connectivity index (χ0v) is 14.0. The summed E-state index contributed by atoms with van der Waals surface area (Å²) in [5.74, 6) is 0.101. The molecule has 2 aromatic rings. The van der Waals surface area contributed by atoms with E-state index in [9.17, 15) is 9.59 Å². The zero-order chi connectivity index (χ0) is 16.8. The smallest absolute Gasteiger partial charge is 0.261 e. The van der Waals surface area contributed by atoms with Crippen LogP contribution in [0, 0.1) is 0 Å². The van der Waals surface area contributed by atoms with Crippen molar-refractivity contribution in [2.24, 2.45) is 0 Å². The van der Waals surface area contributed by atoms with Crippen molar-refractivity contribution in [3.8, 4) is 0 Å². The van der Waals surface area contributed by atoms with Crippen LogP contribution in [0.15, 0.2) is 35.4 Å². The van der Waals surface area contributed by atoms with Gasteiger partial charge in [0.2, 0.25) is 5.91 Å². The van der Waals surface area contributed by atoms with E-state index >= 15 is 0 Å². The van der Waals surface area contributed by atoms with Crippen molar-refractivity contribution in [1.29, 1.82) is 0 Å². The number of fused-ring (bicyclic) bond motifs is 1. The maximum atomic E-state index is 12.4. The van der Waals surface area contributed by atoms with Crippen LogP contribution in [0.2, 0.25) is 0 Å². The number of nitrogens with one attached hydrogen (secondary N) is 1. The number of aryl methyl sites for hydroxylation is 1. The fourth-order valence-corrected chi connectivity index (χ4v) is 3.40. The Morgan fingerprint density at radius 3 is 2.71 bits per heavy atom. The predicted octanol–water partition coefficient (Wildman–Crippen LogP) is 3.02. The van der Waals surface area contributed by atoms with E-state index in [1.54, 1.807) is 17.0 Å². The van der Waals surface area contributed by atoms with Gasteiger partial charge in [-0.1, -0.05) is 37.8 Å². The molecular formula is C19H25N3O2. The van der Waals surface area contributed by atoms with Crippen molar-refractivity contribution in [3.05, 3.63) is 40.9 Å². The fraction of sp³-hybridized carbons (Fsp3) is 0.526. The van der Waals surface area contributed by atoms with E-state index in [0.717, 1.165) is 12.8 Å². The zero-order valence-electron chi connectivity index (χ0n) is 14.0. The number of benzene rings is 1. The average Bonchev–Trinajstić information content (AvgIpc) is 2.86. The molecule has 1 aromatic heterocycles. The van der Waals surface area contributed by atoms with Gasteiger partial charge in [0.1, 0.15) is 0 Å². The number of carbonyl (C=O) groups is 1. The molecule has 3 rings (SSSR count). The highest BCUT2D eigenvalue weighted by atomic mass is 16.1. The van der Waals surface area contributed by atoms with Gasteiger partial charge in [0.15, 0.2) is 0 Å². The monoisotopic (exact) mass is 327 g/mol. The van der Waals surface area contributed by atoms with Gasteiger partial charge in [-0.3, -0.25) is 14.2 Å². The molecule has 1 saturated carbocycles. The Bertz CT molecular complexity index is 746. The molecule has 5 nitrogen and oxygen atoms in total. The van der Waals surface area contributed by atoms with Crippen molar-refractivity contribution >= 4 is 16.8 Å². The SMILES string of the molecule is O=C(CCCn1cnc2ccccc2c1=O)NC1CCCCCC1. The molecule has 0 unspecified atom stereocenters. The van der Waals surface area contributed by atoms with Crippen LogP contribution in [0.5, 0.6) is 0 Å². The predicted molar refractivity (Wildman–Crippen MR) is 94.9 cm³/mol. The first-order valence-electron chi connectivity index (χ1n) is 8.97. The number of nitrogens with zero attached hydrogens (tertiary/aromatic N) is 2. The molecule has 1 N–H and O–H groups in total. The molecule has 1 aromatic carbocycles. The molecule has 128 valence electrons. The van der Waals surface area contributed by atoms with E-state index in [-0.39, 0.29) is 11.5 Å². The van der Waals surface area contributed by atoms with Gasteiger partial charge in [-0.15, -0.1) is 0 Å². The summed E-state index contributed by atoms with van der Waals surface area (Å²) in [7, 11) is 0. The molecule has 1 heterocycles. The highest BCUT2D eigenvalue weighted by Gasteiger charge is 2.14. The van der Waals surface area contributed by atoms with E-state index in [1.807, 2.05) is 18.2 Å². The summed E-state index contributed by atoms with van der Waals surface area (Å²) in [4.78, 5) is 28.8. The molecule has 0 radical (unpaired) electrons. The molecule has 0 aliphatic heterocycles. The van der Waals surface area contributed by atoms with E-state index in [0.29, 0.717) is 36.3 Å². The molecule has 1 amide bonds. The maximum Gasteiger partial charge on any atom is 0.261 e. The number of aromatic nitrogens is 2. The average molecular weight is 327 g/mol. The number of amides is 1. The second kappa shape index (κ2) is 8.08. The Balaban J connectivity index is 1.52. The van der Waals surface area contributed by atoms with E-state index < -0.39 is 0 Å². The molecular weight excluding hydrogens is 302 g/mol. The van der Waals surface area contributed by atoms with Gasteiger partial charge in [-0.25, -0.2) is 4.98 Å². The maximum absolute atomic E-state index is 12.4. The molecule has 0 atom stereocenters. The summed E-state index contributed by atoms with van der Waals surface area (Å²) in [5, 5.41) is 3.78. The summed E-state index contributed by atoms with van der Waals surface area (Å²) >= 11 is 0. The molecule has 5 heteroatoms. The van der Waals surface area contributed by atoms with Gasteiger partial charge in [-0.2, -0.15) is 0 Å². The van der Waals surface area contributed by atoms with Gasteiger partial charge in [-0.05, 0) is 31.4 Å². The molecule has 0 spiro atoms. The van der Waals surface area contributed by atoms with Crippen LogP contribution in [0.3, 0.4) is 0 Å². The lowest BCUT2D eigenvalue weighted by atomic mass is 10.1. The van der Waals surface area contributed by atoms with Crippen LogP contribution in [-0.2, 0) is 11.3 Å². The Hall–Kier alpha value is -2.17. The van der Waals surface area contributed by atoms with Crippen LogP contribution in [0.1, 0.15) is 51.4 Å². The fourth-order valence-electron chi connectivity index (χ4n) is 3.40. The Labute approximate surface area is 142 Å². The van der Waals surface area contributed by atoms with Gasteiger partial charge in [0.25, 0.3) is 5.56 Å². The number of carbonyl (C=O) groups excluding carboxylic acids is 1.